The number of carbonyl (C=O) groups is 3. The number of nitrogens with zero attached hydrogens (tertiary/aromatic N) is 2. The summed E-state index contributed by atoms with van der Waals surface area (Å²) < 4.78 is 12.1. The summed E-state index contributed by atoms with van der Waals surface area (Å²) in [7, 11) is 0. The van der Waals surface area contributed by atoms with Crippen molar-refractivity contribution in [2.24, 2.45) is 11.8 Å². The van der Waals surface area contributed by atoms with Crippen molar-refractivity contribution in [2.75, 3.05) is 32.8 Å². The first-order valence-corrected chi connectivity index (χ1v) is 14.2. The zero-order valence-corrected chi connectivity index (χ0v) is 23.0. The van der Waals surface area contributed by atoms with Crippen molar-refractivity contribution >= 4 is 33.7 Å². The topological polar surface area (TPSA) is 96.4 Å². The molecule has 0 aromatic rings. The highest BCUT2D eigenvalue weighted by molar-refractivity contribution is 9.09. The molecular formula is C27H41BrN2O6. The van der Waals surface area contributed by atoms with Crippen molar-refractivity contribution in [3.05, 3.63) is 25.3 Å². The van der Waals surface area contributed by atoms with E-state index < -0.39 is 35.6 Å². The summed E-state index contributed by atoms with van der Waals surface area (Å²) in [6.07, 6.45) is 9.12. The number of unbranched alkanes of at least 4 members (excludes halogenated alkanes) is 4. The molecule has 2 amide bonds. The van der Waals surface area contributed by atoms with Crippen LogP contribution >= 0.6 is 15.9 Å². The van der Waals surface area contributed by atoms with E-state index in [4.69, 9.17) is 9.47 Å². The van der Waals surface area contributed by atoms with Gasteiger partial charge < -0.3 is 24.4 Å². The fourth-order valence-corrected chi connectivity index (χ4v) is 6.94. The molecule has 0 aromatic carbocycles. The first-order chi connectivity index (χ1) is 17.4. The number of carbonyl (C=O) groups excluding carboxylic acids is 3. The Labute approximate surface area is 223 Å². The smallest absolute Gasteiger partial charge is 0.312 e. The van der Waals surface area contributed by atoms with Crippen LogP contribution < -0.4 is 0 Å². The van der Waals surface area contributed by atoms with Crippen molar-refractivity contribution in [2.45, 2.75) is 80.9 Å². The lowest BCUT2D eigenvalue weighted by atomic mass is 9.70. The normalized spacial score (nSPS) is 30.4. The standard InChI is InChI=1S/C27H41BrN2O6/c1-4-7-9-11-17-35-26(34)20-21-24(32)30(15-12-16-31)23(27(21)18-19(28)22(20)36-27)25(33)29(13-6-3)14-10-8-5-2/h4,6,19-23,31H,1,3,5,7-18H2,2H3/t19?,20-,21-,22-,23?,27?/m0/s1. The molecule has 0 aromatic heterocycles. The van der Waals surface area contributed by atoms with Crippen LogP contribution in [0.25, 0.3) is 0 Å². The minimum atomic E-state index is -1.10. The number of halogens is 1. The van der Waals surface area contributed by atoms with E-state index in [0.717, 1.165) is 38.5 Å². The maximum Gasteiger partial charge on any atom is 0.312 e. The van der Waals surface area contributed by atoms with Crippen LogP contribution in [0, 0.1) is 11.8 Å². The maximum atomic E-state index is 14.0. The van der Waals surface area contributed by atoms with Crippen LogP contribution in [-0.4, -0.2) is 88.1 Å². The Bertz CT molecular complexity index is 822. The summed E-state index contributed by atoms with van der Waals surface area (Å²) in [5, 5.41) is 9.48. The molecule has 3 aliphatic rings. The van der Waals surface area contributed by atoms with Gasteiger partial charge in [-0.05, 0) is 38.5 Å². The van der Waals surface area contributed by atoms with E-state index >= 15 is 0 Å². The van der Waals surface area contributed by atoms with Crippen LogP contribution in [0.15, 0.2) is 25.3 Å². The van der Waals surface area contributed by atoms with Gasteiger partial charge in [0.25, 0.3) is 0 Å². The summed E-state index contributed by atoms with van der Waals surface area (Å²) in [6.45, 7) is 11.0. The van der Waals surface area contributed by atoms with Gasteiger partial charge >= 0.3 is 5.97 Å². The number of alkyl halides is 1. The summed E-state index contributed by atoms with van der Waals surface area (Å²) >= 11 is 3.67. The summed E-state index contributed by atoms with van der Waals surface area (Å²) in [4.78, 5) is 44.2. The number of hydrogen-bond donors (Lipinski definition) is 1. The van der Waals surface area contributed by atoms with E-state index in [1.807, 2.05) is 6.08 Å². The number of fused-ring (bicyclic) bond motifs is 1. The number of allylic oxidation sites excluding steroid dienone is 1. The van der Waals surface area contributed by atoms with Gasteiger partial charge in [-0.2, -0.15) is 0 Å². The predicted molar refractivity (Wildman–Crippen MR) is 140 cm³/mol. The molecule has 3 heterocycles. The number of likely N-dealkylation sites (tertiary alicyclic amines) is 1. The van der Waals surface area contributed by atoms with E-state index in [0.29, 0.717) is 25.9 Å². The molecule has 9 heteroatoms. The molecule has 36 heavy (non-hydrogen) atoms. The Hall–Kier alpha value is -1.71. The lowest BCUT2D eigenvalue weighted by Crippen LogP contribution is -2.57. The van der Waals surface area contributed by atoms with Gasteiger partial charge in [-0.1, -0.05) is 47.8 Å². The molecule has 8 nitrogen and oxygen atoms in total. The fraction of sp³-hybridized carbons (Fsp3) is 0.741. The average Bonchev–Trinajstić information content (AvgIpc) is 3.45. The second kappa shape index (κ2) is 13.2. The molecule has 0 saturated carbocycles. The highest BCUT2D eigenvalue weighted by Crippen LogP contribution is 2.60. The van der Waals surface area contributed by atoms with Gasteiger partial charge in [-0.25, -0.2) is 0 Å². The van der Waals surface area contributed by atoms with E-state index in [1.165, 1.54) is 0 Å². The fourth-order valence-electron chi connectivity index (χ4n) is 5.99. The number of ether oxygens (including phenoxy) is 2. The second-order valence-corrected chi connectivity index (χ2v) is 11.2. The number of amides is 2. The molecule has 3 rings (SSSR count). The molecule has 202 valence electrons. The zero-order valence-electron chi connectivity index (χ0n) is 21.4. The van der Waals surface area contributed by atoms with Crippen LogP contribution in [0.1, 0.15) is 58.3 Å². The molecular weight excluding hydrogens is 528 g/mol. The highest BCUT2D eigenvalue weighted by Gasteiger charge is 2.77. The Balaban J connectivity index is 1.89. The van der Waals surface area contributed by atoms with Crippen LogP contribution in [0.2, 0.25) is 0 Å². The molecule has 3 saturated heterocycles. The van der Waals surface area contributed by atoms with Crippen molar-refractivity contribution < 1.29 is 29.0 Å². The number of aliphatic hydroxyl groups excluding tert-OH is 1. The molecule has 6 atom stereocenters. The average molecular weight is 570 g/mol. The summed E-state index contributed by atoms with van der Waals surface area (Å²) in [6, 6.07) is -0.849. The quantitative estimate of drug-likeness (QED) is 0.133. The van der Waals surface area contributed by atoms with Crippen molar-refractivity contribution in [3.63, 3.8) is 0 Å². The van der Waals surface area contributed by atoms with E-state index in [1.54, 1.807) is 15.9 Å². The molecule has 3 unspecified atom stereocenters. The van der Waals surface area contributed by atoms with Crippen molar-refractivity contribution in [1.82, 2.24) is 9.80 Å². The molecule has 2 bridgehead atoms. The molecule has 1 spiro atoms. The predicted octanol–water partition coefficient (Wildman–Crippen LogP) is 3.22. The monoisotopic (exact) mass is 568 g/mol. The lowest BCUT2D eigenvalue weighted by Gasteiger charge is -2.37. The number of aliphatic hydroxyl groups is 1. The van der Waals surface area contributed by atoms with Crippen LogP contribution in [0.3, 0.4) is 0 Å². The summed E-state index contributed by atoms with van der Waals surface area (Å²) in [5.41, 5.74) is -1.10. The van der Waals surface area contributed by atoms with Gasteiger partial charge in [0.2, 0.25) is 11.8 Å². The SMILES string of the molecule is C=CCCCCOC(=O)[C@H]1[C@H]2C(=O)N(CCCO)C(C(=O)N(CC=C)CCCCC)C23CC(Br)[C@@H]1O3. The Morgan fingerprint density at radius 3 is 2.69 bits per heavy atom. The number of esters is 1. The summed E-state index contributed by atoms with van der Waals surface area (Å²) in [5.74, 6) is -2.42. The van der Waals surface area contributed by atoms with Crippen LogP contribution in [0.4, 0.5) is 0 Å². The Morgan fingerprint density at radius 1 is 1.25 bits per heavy atom. The molecule has 3 fully saturated rings. The maximum absolute atomic E-state index is 14.0. The van der Waals surface area contributed by atoms with Crippen LogP contribution in [-0.2, 0) is 23.9 Å². The zero-order chi connectivity index (χ0) is 26.3. The third-order valence-electron chi connectivity index (χ3n) is 7.59. The molecule has 0 aliphatic carbocycles. The first-order valence-electron chi connectivity index (χ1n) is 13.3. The van der Waals surface area contributed by atoms with Crippen LogP contribution in [0.5, 0.6) is 0 Å². The third kappa shape index (κ3) is 5.58. The van der Waals surface area contributed by atoms with Gasteiger partial charge in [0.05, 0.1) is 24.5 Å². The lowest BCUT2D eigenvalue weighted by molar-refractivity contribution is -0.155. The Kier molecular flexibility index (Phi) is 10.6. The van der Waals surface area contributed by atoms with Gasteiger partial charge in [-0.3, -0.25) is 14.4 Å². The van der Waals surface area contributed by atoms with Gasteiger partial charge in [0.1, 0.15) is 11.6 Å². The number of rotatable bonds is 16. The molecule has 0 radical (unpaired) electrons. The van der Waals surface area contributed by atoms with Gasteiger partial charge in [-0.15, -0.1) is 13.2 Å². The minimum Gasteiger partial charge on any atom is -0.465 e. The second-order valence-electron chi connectivity index (χ2n) is 10.0. The van der Waals surface area contributed by atoms with Crippen molar-refractivity contribution in [3.8, 4) is 0 Å². The van der Waals surface area contributed by atoms with Crippen molar-refractivity contribution in [1.29, 1.82) is 0 Å². The minimum absolute atomic E-state index is 0.101. The highest BCUT2D eigenvalue weighted by atomic mass is 79.9. The molecule has 3 aliphatic heterocycles. The molecule has 1 N–H and O–H groups in total. The van der Waals surface area contributed by atoms with E-state index in [-0.39, 0.29) is 36.4 Å². The van der Waals surface area contributed by atoms with E-state index in [9.17, 15) is 19.5 Å². The number of hydrogen-bond acceptors (Lipinski definition) is 6. The van der Waals surface area contributed by atoms with Gasteiger partial charge in [0.15, 0.2) is 0 Å². The third-order valence-corrected chi connectivity index (χ3v) is 8.44. The first kappa shape index (κ1) is 28.9. The Morgan fingerprint density at radius 2 is 2.03 bits per heavy atom. The van der Waals surface area contributed by atoms with Gasteiger partial charge in [0, 0.05) is 31.1 Å². The van der Waals surface area contributed by atoms with E-state index in [2.05, 4.69) is 36.0 Å². The largest absolute Gasteiger partial charge is 0.465 e.